The van der Waals surface area contributed by atoms with Crippen LogP contribution in [0.15, 0.2) is 24.3 Å². The number of rotatable bonds is 6. The Bertz CT molecular complexity index is 502. The van der Waals surface area contributed by atoms with Crippen LogP contribution in [0.4, 0.5) is 4.79 Å². The number of hydrogen-bond acceptors (Lipinski definition) is 3. The quantitative estimate of drug-likeness (QED) is 0.846. The number of aliphatic carboxylic acids is 1. The van der Waals surface area contributed by atoms with Crippen LogP contribution in [0.1, 0.15) is 38.3 Å². The van der Waals surface area contributed by atoms with E-state index in [2.05, 4.69) is 5.32 Å². The number of carboxylic acid groups (broad SMARTS) is 1. The van der Waals surface area contributed by atoms with E-state index in [1.165, 1.54) is 0 Å². The summed E-state index contributed by atoms with van der Waals surface area (Å²) in [7, 11) is 0. The Hall–Kier alpha value is -2.04. The number of carbonyl (C=O) groups is 2. The van der Waals surface area contributed by atoms with Crippen molar-refractivity contribution in [1.82, 2.24) is 5.32 Å². The van der Waals surface area contributed by atoms with E-state index in [0.717, 1.165) is 11.1 Å². The molecule has 22 heavy (non-hydrogen) atoms. The maximum absolute atomic E-state index is 11.5. The van der Waals surface area contributed by atoms with Crippen molar-refractivity contribution in [3.05, 3.63) is 35.4 Å². The molecule has 0 saturated carbocycles. The van der Waals surface area contributed by atoms with Gasteiger partial charge in [-0.15, -0.1) is 0 Å². The van der Waals surface area contributed by atoms with Crippen LogP contribution >= 0.6 is 0 Å². The molecule has 5 nitrogen and oxygen atoms in total. The van der Waals surface area contributed by atoms with Crippen molar-refractivity contribution in [3.8, 4) is 0 Å². The molecule has 5 heteroatoms. The molecular weight excluding hydrogens is 282 g/mol. The first kappa shape index (κ1) is 18.0. The van der Waals surface area contributed by atoms with Gasteiger partial charge in [0.25, 0.3) is 0 Å². The molecule has 0 fully saturated rings. The van der Waals surface area contributed by atoms with Gasteiger partial charge < -0.3 is 15.2 Å². The third kappa shape index (κ3) is 7.11. The lowest BCUT2D eigenvalue weighted by molar-refractivity contribution is -0.141. The van der Waals surface area contributed by atoms with Gasteiger partial charge in [-0.2, -0.15) is 0 Å². The molecule has 0 aliphatic rings. The molecule has 1 rings (SSSR count). The maximum Gasteiger partial charge on any atom is 0.407 e. The van der Waals surface area contributed by atoms with Crippen LogP contribution in [0.2, 0.25) is 0 Å². The molecular formula is C17H25NO4. The fourth-order valence-electron chi connectivity index (χ4n) is 1.98. The average molecular weight is 307 g/mol. The lowest BCUT2D eigenvalue weighted by atomic mass is 9.96. The first-order chi connectivity index (χ1) is 10.2. The van der Waals surface area contributed by atoms with Crippen LogP contribution in [0.25, 0.3) is 0 Å². The van der Waals surface area contributed by atoms with E-state index in [-0.39, 0.29) is 6.54 Å². The first-order valence-electron chi connectivity index (χ1n) is 7.42. The number of carboxylic acids is 1. The van der Waals surface area contributed by atoms with E-state index in [4.69, 9.17) is 4.74 Å². The van der Waals surface area contributed by atoms with Gasteiger partial charge in [-0.05, 0) is 46.1 Å². The summed E-state index contributed by atoms with van der Waals surface area (Å²) in [5.74, 6) is -1.38. The van der Waals surface area contributed by atoms with Gasteiger partial charge in [0.2, 0.25) is 0 Å². The van der Waals surface area contributed by atoms with Crippen LogP contribution in [-0.2, 0) is 16.0 Å². The Morgan fingerprint density at radius 2 is 1.82 bits per heavy atom. The summed E-state index contributed by atoms with van der Waals surface area (Å²) >= 11 is 0. The summed E-state index contributed by atoms with van der Waals surface area (Å²) < 4.78 is 5.11. The number of amides is 1. The molecule has 1 aromatic rings. The summed E-state index contributed by atoms with van der Waals surface area (Å²) in [6.07, 6.45) is 0.292. The molecule has 0 radical (unpaired) electrons. The van der Waals surface area contributed by atoms with Crippen molar-refractivity contribution in [2.75, 3.05) is 6.54 Å². The van der Waals surface area contributed by atoms with E-state index in [0.29, 0.717) is 12.8 Å². The number of alkyl carbamates (subject to hydrolysis) is 1. The van der Waals surface area contributed by atoms with Gasteiger partial charge >= 0.3 is 12.1 Å². The highest BCUT2D eigenvalue weighted by Gasteiger charge is 2.20. The van der Waals surface area contributed by atoms with Gasteiger partial charge in [0.1, 0.15) is 5.60 Å². The van der Waals surface area contributed by atoms with Gasteiger partial charge in [-0.3, -0.25) is 4.79 Å². The van der Waals surface area contributed by atoms with Gasteiger partial charge in [-0.25, -0.2) is 4.79 Å². The number of carbonyl (C=O) groups excluding carboxylic acids is 1. The van der Waals surface area contributed by atoms with Gasteiger partial charge in [0, 0.05) is 6.54 Å². The van der Waals surface area contributed by atoms with Gasteiger partial charge in [0.05, 0.1) is 5.92 Å². The number of ether oxygens (including phenoxy) is 1. The Morgan fingerprint density at radius 1 is 1.23 bits per heavy atom. The fourth-order valence-corrected chi connectivity index (χ4v) is 1.98. The molecule has 1 unspecified atom stereocenters. The van der Waals surface area contributed by atoms with E-state index < -0.39 is 23.6 Å². The predicted octanol–water partition coefficient (Wildman–Crippen LogP) is 3.15. The monoisotopic (exact) mass is 307 g/mol. The van der Waals surface area contributed by atoms with Crippen molar-refractivity contribution in [2.24, 2.45) is 5.92 Å². The van der Waals surface area contributed by atoms with Crippen LogP contribution in [0.3, 0.4) is 0 Å². The molecule has 0 aliphatic heterocycles. The van der Waals surface area contributed by atoms with Crippen molar-refractivity contribution in [3.63, 3.8) is 0 Å². The zero-order valence-corrected chi connectivity index (χ0v) is 13.7. The molecule has 1 aromatic carbocycles. The highest BCUT2D eigenvalue weighted by molar-refractivity contribution is 5.71. The fraction of sp³-hybridized carbons (Fsp3) is 0.529. The minimum Gasteiger partial charge on any atom is -0.481 e. The molecule has 0 spiro atoms. The molecule has 0 heterocycles. The maximum atomic E-state index is 11.5. The normalized spacial score (nSPS) is 12.5. The minimum absolute atomic E-state index is 0.276. The third-order valence-electron chi connectivity index (χ3n) is 3.11. The summed E-state index contributed by atoms with van der Waals surface area (Å²) in [6.45, 7) is 7.61. The first-order valence-corrected chi connectivity index (χ1v) is 7.42. The largest absolute Gasteiger partial charge is 0.481 e. The molecule has 2 N–H and O–H groups in total. The average Bonchev–Trinajstić information content (AvgIpc) is 2.37. The van der Waals surface area contributed by atoms with Crippen molar-refractivity contribution in [1.29, 1.82) is 0 Å². The van der Waals surface area contributed by atoms with E-state index in [1.54, 1.807) is 20.8 Å². The molecule has 1 amide bonds. The topological polar surface area (TPSA) is 75.6 Å². The number of nitrogens with one attached hydrogen (secondary N) is 1. The number of hydrogen-bond donors (Lipinski definition) is 2. The van der Waals surface area contributed by atoms with Crippen molar-refractivity contribution >= 4 is 12.1 Å². The Labute approximate surface area is 131 Å². The highest BCUT2D eigenvalue weighted by atomic mass is 16.6. The van der Waals surface area contributed by atoms with Crippen LogP contribution in [0, 0.1) is 12.8 Å². The second kappa shape index (κ2) is 7.82. The summed E-state index contributed by atoms with van der Waals surface area (Å²) in [5.41, 5.74) is 1.57. The zero-order chi connectivity index (χ0) is 16.8. The van der Waals surface area contributed by atoms with Crippen LogP contribution < -0.4 is 5.32 Å². The number of aryl methyl sites for hydroxylation is 1. The highest BCUT2D eigenvalue weighted by Crippen LogP contribution is 2.14. The Morgan fingerprint density at radius 3 is 2.32 bits per heavy atom. The SMILES string of the molecule is Cc1ccc(CC(CCNC(=O)OC(C)(C)C)C(=O)O)cc1. The second-order valence-corrected chi connectivity index (χ2v) is 6.44. The summed E-state index contributed by atoms with van der Waals surface area (Å²) in [5, 5.41) is 11.9. The Kier molecular flexibility index (Phi) is 6.40. The molecule has 0 saturated heterocycles. The smallest absolute Gasteiger partial charge is 0.407 e. The zero-order valence-electron chi connectivity index (χ0n) is 13.7. The Balaban J connectivity index is 2.46. The lowest BCUT2D eigenvalue weighted by Crippen LogP contribution is -2.34. The lowest BCUT2D eigenvalue weighted by Gasteiger charge is -2.20. The van der Waals surface area contributed by atoms with Crippen molar-refractivity contribution < 1.29 is 19.4 Å². The molecule has 0 aromatic heterocycles. The standard InChI is InChI=1S/C17H25NO4/c1-12-5-7-13(8-6-12)11-14(15(19)20)9-10-18-16(21)22-17(2,3)4/h5-8,14H,9-11H2,1-4H3,(H,18,21)(H,19,20). The van der Waals surface area contributed by atoms with E-state index in [1.807, 2.05) is 31.2 Å². The minimum atomic E-state index is -0.855. The molecule has 0 bridgehead atoms. The predicted molar refractivity (Wildman–Crippen MR) is 84.9 cm³/mol. The van der Waals surface area contributed by atoms with E-state index in [9.17, 15) is 14.7 Å². The molecule has 122 valence electrons. The second-order valence-electron chi connectivity index (χ2n) is 6.44. The van der Waals surface area contributed by atoms with Crippen LogP contribution in [-0.4, -0.2) is 29.3 Å². The summed E-state index contributed by atoms with van der Waals surface area (Å²) in [6, 6.07) is 7.81. The number of benzene rings is 1. The summed E-state index contributed by atoms with van der Waals surface area (Å²) in [4.78, 5) is 22.9. The van der Waals surface area contributed by atoms with Gasteiger partial charge in [-0.1, -0.05) is 29.8 Å². The third-order valence-corrected chi connectivity index (χ3v) is 3.11. The van der Waals surface area contributed by atoms with E-state index >= 15 is 0 Å². The van der Waals surface area contributed by atoms with Gasteiger partial charge in [0.15, 0.2) is 0 Å². The van der Waals surface area contributed by atoms with Crippen LogP contribution in [0.5, 0.6) is 0 Å². The molecule has 0 aliphatic carbocycles. The van der Waals surface area contributed by atoms with Crippen molar-refractivity contribution in [2.45, 2.75) is 46.1 Å². The molecule has 1 atom stereocenters.